The van der Waals surface area contributed by atoms with Gasteiger partial charge in [0.15, 0.2) is 0 Å². The molecular formula is C42H33B2F8N3O3Te3. The Bertz CT molecular complexity index is 2280. The average Bonchev–Trinajstić information content (AvgIpc) is 3.21. The second kappa shape index (κ2) is 22.3. The van der Waals surface area contributed by atoms with E-state index in [1.54, 1.807) is 18.2 Å². The first-order valence-electron chi connectivity index (χ1n) is 17.7. The number of hydrogen-bond donors (Lipinski definition) is 0. The van der Waals surface area contributed by atoms with Crippen LogP contribution >= 0.6 is 0 Å². The van der Waals surface area contributed by atoms with E-state index < -0.39 is 56.3 Å². The molecule has 0 N–H and O–H groups in total. The van der Waals surface area contributed by atoms with Gasteiger partial charge < -0.3 is 34.5 Å². The average molecular weight is 1180 g/mol. The van der Waals surface area contributed by atoms with E-state index >= 15 is 0 Å². The third-order valence-corrected chi connectivity index (χ3v) is 104. The van der Waals surface area contributed by atoms with Gasteiger partial charge >= 0.3 is 272 Å². The topological polar surface area (TPSA) is 99.1 Å². The predicted molar refractivity (Wildman–Crippen MR) is 228 cm³/mol. The first-order valence-corrected chi connectivity index (χ1v) is 39.3. The van der Waals surface area contributed by atoms with Crippen molar-refractivity contribution in [3.8, 4) is 52.7 Å². The van der Waals surface area contributed by atoms with E-state index in [2.05, 4.69) is 146 Å². The summed E-state index contributed by atoms with van der Waals surface area (Å²) in [5.74, 6) is 6.23. The van der Waals surface area contributed by atoms with Crippen LogP contribution in [0.1, 0.15) is 20.8 Å². The zero-order chi connectivity index (χ0) is 44.8. The van der Waals surface area contributed by atoms with Crippen molar-refractivity contribution >= 4 is 78.0 Å². The van der Waals surface area contributed by atoms with Crippen LogP contribution in [-0.4, -0.2) is 56.3 Å². The Labute approximate surface area is 358 Å². The molecule has 3 aliphatic heterocycles. The number of nitrogens with zero attached hydrogens (tertiary/aromatic N) is 3. The molecule has 6 nitrogen and oxygen atoms in total. The molecule has 0 saturated carbocycles. The quantitative estimate of drug-likeness (QED) is 0.128. The van der Waals surface area contributed by atoms with Crippen LogP contribution in [0.15, 0.2) is 146 Å². The molecule has 6 aromatic rings. The zero-order valence-electron chi connectivity index (χ0n) is 32.3. The standard InChI is InChI=1S/C36H24O3Te3.3C2H3N.2BF4/c1-7-19-31-25(13-1)37-26-14-2-8-20-32(26)40(31)42(35-23-11-5-17-29(35)39-30-18-6-12-24-36(30)42)41-33-21-9-3-15-27(33)38-28-16-4-10-22-34(28)41;3*1-2-3;2*2-1(3,4)5/h1-24H;3*1H3;;/q+2;;;;2*-1. The van der Waals surface area contributed by atoms with Gasteiger partial charge in [-0.05, 0) is 0 Å². The van der Waals surface area contributed by atoms with Gasteiger partial charge in [0.1, 0.15) is 0 Å². The molecule has 0 fully saturated rings. The molecule has 0 unspecified atom stereocenters. The molecule has 314 valence electrons. The molecule has 0 spiro atoms. The third-order valence-electron chi connectivity index (χ3n) is 7.60. The maximum absolute atomic E-state index is 9.75. The van der Waals surface area contributed by atoms with E-state index in [0.29, 0.717) is 0 Å². The van der Waals surface area contributed by atoms with E-state index in [1.165, 1.54) is 42.4 Å². The fourth-order valence-corrected chi connectivity index (χ4v) is 134. The van der Waals surface area contributed by atoms with Crippen LogP contribution in [0.25, 0.3) is 0 Å². The summed E-state index contributed by atoms with van der Waals surface area (Å²) in [4.78, 5) is 0. The Kier molecular flexibility index (Phi) is 17.8. The Morgan fingerprint density at radius 2 is 0.557 bits per heavy atom. The van der Waals surface area contributed by atoms with Crippen molar-refractivity contribution in [2.45, 2.75) is 20.8 Å². The number of halogens is 8. The molecule has 0 aromatic heterocycles. The summed E-state index contributed by atoms with van der Waals surface area (Å²) >= 11 is -4.97. The minimum absolute atomic E-state index is 1.04. The molecule has 6 aromatic carbocycles. The first kappa shape index (κ1) is 48.8. The van der Waals surface area contributed by atoms with Crippen LogP contribution < -0.4 is 35.9 Å². The summed E-state index contributed by atoms with van der Waals surface area (Å²) in [6, 6.07) is 58.9. The van der Waals surface area contributed by atoms with Crippen LogP contribution in [-0.2, 0) is 0 Å². The summed E-state index contributed by atoms with van der Waals surface area (Å²) in [5, 5.41) is 22.0. The number of benzene rings is 6. The Hall–Kier alpha value is -4.87. The van der Waals surface area contributed by atoms with Gasteiger partial charge in [-0.1, -0.05) is 0 Å². The van der Waals surface area contributed by atoms with Crippen molar-refractivity contribution in [2.24, 2.45) is 0 Å². The second-order valence-electron chi connectivity index (χ2n) is 11.7. The molecule has 61 heavy (non-hydrogen) atoms. The fourth-order valence-electron chi connectivity index (χ4n) is 5.91. The van der Waals surface area contributed by atoms with E-state index in [4.69, 9.17) is 30.0 Å². The molecular weight excluding hydrogens is 1150 g/mol. The number of ether oxygens (including phenoxy) is 3. The SMILES string of the molecule is CC#N.CC#N.CC#N.F[B-](F)(F)F.F[B-](F)(F)F.c1ccc2c(c1)Oc1ccccc1[Te+]2[Te]1([Te+]2c3ccccc3Oc3ccccc32)c2ccccc2Oc2ccccc21. The first-order chi connectivity index (χ1) is 29.1. The van der Waals surface area contributed by atoms with Gasteiger partial charge in [-0.25, -0.2) is 0 Å². The van der Waals surface area contributed by atoms with Gasteiger partial charge in [0, 0.05) is 20.8 Å². The summed E-state index contributed by atoms with van der Waals surface area (Å²) in [7, 11) is -15.5. The molecule has 19 heteroatoms. The van der Waals surface area contributed by atoms with Crippen molar-refractivity contribution in [3.63, 3.8) is 0 Å². The van der Waals surface area contributed by atoms with Crippen LogP contribution in [0.5, 0.6) is 34.5 Å². The molecule has 0 aliphatic carbocycles. The van der Waals surface area contributed by atoms with Gasteiger partial charge in [-0.3, -0.25) is 0 Å². The minimum atomic E-state index is -6.00. The number of para-hydroxylation sites is 6. The van der Waals surface area contributed by atoms with Crippen molar-refractivity contribution < 1.29 is 48.7 Å². The van der Waals surface area contributed by atoms with Gasteiger partial charge in [-0.15, -0.1) is 0 Å². The number of fused-ring (bicyclic) bond motifs is 6. The molecule has 0 amide bonds. The normalized spacial score (nSPS) is 13.7. The van der Waals surface area contributed by atoms with Crippen molar-refractivity contribution in [1.29, 1.82) is 15.8 Å². The fraction of sp³-hybridized carbons (Fsp3) is 0.0714. The van der Waals surface area contributed by atoms with E-state index in [9.17, 15) is 34.5 Å². The number of hydrogen-bond acceptors (Lipinski definition) is 6. The third kappa shape index (κ3) is 12.2. The van der Waals surface area contributed by atoms with E-state index in [-0.39, 0.29) is 0 Å². The zero-order valence-corrected chi connectivity index (χ0v) is 39.3. The van der Waals surface area contributed by atoms with Gasteiger partial charge in [0.05, 0.1) is 18.2 Å². The van der Waals surface area contributed by atoms with Crippen molar-refractivity contribution in [1.82, 2.24) is 0 Å². The molecule has 9 rings (SSSR count). The molecule has 0 bridgehead atoms. The predicted octanol–water partition coefficient (Wildman–Crippen LogP) is 8.53. The Balaban J connectivity index is 0.000000368. The summed E-state index contributed by atoms with van der Waals surface area (Å²) in [6.07, 6.45) is 0. The van der Waals surface area contributed by atoms with E-state index in [0.717, 1.165) is 34.5 Å². The second-order valence-corrected chi connectivity index (χ2v) is 70.8. The van der Waals surface area contributed by atoms with Gasteiger partial charge in [0.2, 0.25) is 0 Å². The van der Waals surface area contributed by atoms with Crippen LogP contribution in [0.3, 0.4) is 0 Å². The molecule has 0 radical (unpaired) electrons. The number of rotatable bonds is 2. The summed E-state index contributed by atoms with van der Waals surface area (Å²) in [5.41, 5.74) is 0. The molecule has 3 aliphatic rings. The van der Waals surface area contributed by atoms with Gasteiger partial charge in [0.25, 0.3) is 0 Å². The summed E-state index contributed by atoms with van der Waals surface area (Å²) < 4.78 is 107. The van der Waals surface area contributed by atoms with Crippen molar-refractivity contribution in [2.75, 3.05) is 0 Å². The summed E-state index contributed by atoms with van der Waals surface area (Å²) in [6.45, 7) is 4.29. The molecule has 0 saturated heterocycles. The molecule has 3 heterocycles. The van der Waals surface area contributed by atoms with Crippen molar-refractivity contribution in [3.05, 3.63) is 146 Å². The van der Waals surface area contributed by atoms with Gasteiger partial charge in [-0.2, -0.15) is 15.8 Å². The van der Waals surface area contributed by atoms with Crippen LogP contribution in [0.2, 0.25) is 0 Å². The maximum atomic E-state index is 9.75. The molecule has 0 atom stereocenters. The van der Waals surface area contributed by atoms with E-state index in [1.807, 2.05) is 0 Å². The van der Waals surface area contributed by atoms with Crippen LogP contribution in [0, 0.1) is 34.0 Å². The van der Waals surface area contributed by atoms with Crippen LogP contribution in [0.4, 0.5) is 34.5 Å². The Morgan fingerprint density at radius 1 is 0.377 bits per heavy atom. The Morgan fingerprint density at radius 3 is 0.803 bits per heavy atom. The number of nitriles is 3. The monoisotopic (exact) mass is 1190 g/mol.